The summed E-state index contributed by atoms with van der Waals surface area (Å²) in [5, 5.41) is 3.17. The molecule has 2 fully saturated rings. The van der Waals surface area contributed by atoms with Crippen molar-refractivity contribution in [3.63, 3.8) is 0 Å². The van der Waals surface area contributed by atoms with Crippen LogP contribution in [0, 0.1) is 16.7 Å². The predicted molar refractivity (Wildman–Crippen MR) is 129 cm³/mol. The Hall–Kier alpha value is -0.610. The summed E-state index contributed by atoms with van der Waals surface area (Å²) in [6, 6.07) is 1.08. The first kappa shape index (κ1) is 25.6. The smallest absolute Gasteiger partial charge is 0.217 e. The number of rotatable bonds is 8. The van der Waals surface area contributed by atoms with Crippen LogP contribution in [0.2, 0.25) is 0 Å². The van der Waals surface area contributed by atoms with E-state index in [0.717, 1.165) is 24.8 Å². The normalized spacial score (nSPS) is 30.8. The molecule has 1 amide bonds. The summed E-state index contributed by atoms with van der Waals surface area (Å²) in [5.41, 5.74) is 0.933. The van der Waals surface area contributed by atoms with Gasteiger partial charge in [-0.3, -0.25) is 4.79 Å². The van der Waals surface area contributed by atoms with Gasteiger partial charge in [0.25, 0.3) is 0 Å². The maximum absolute atomic E-state index is 11.5. The molecule has 4 heteroatoms. The Labute approximate surface area is 187 Å². The van der Waals surface area contributed by atoms with Crippen molar-refractivity contribution >= 4 is 5.91 Å². The molecule has 0 aromatic rings. The number of nitrogens with zero attached hydrogens (tertiary/aromatic N) is 2. The fraction of sp³-hybridized carbons (Fsp3) is 0.962. The van der Waals surface area contributed by atoms with Crippen LogP contribution in [0.15, 0.2) is 0 Å². The van der Waals surface area contributed by atoms with Gasteiger partial charge in [0.2, 0.25) is 5.91 Å². The van der Waals surface area contributed by atoms with Crippen molar-refractivity contribution in [2.24, 2.45) is 16.7 Å². The molecular weight excluding hydrogens is 370 g/mol. The Morgan fingerprint density at radius 3 is 2.30 bits per heavy atom. The van der Waals surface area contributed by atoms with E-state index in [-0.39, 0.29) is 11.4 Å². The zero-order chi connectivity index (χ0) is 22.7. The largest absolute Gasteiger partial charge is 0.354 e. The van der Waals surface area contributed by atoms with Gasteiger partial charge in [0, 0.05) is 24.5 Å². The lowest BCUT2D eigenvalue weighted by Gasteiger charge is -2.44. The highest BCUT2D eigenvalue weighted by Crippen LogP contribution is 2.44. The van der Waals surface area contributed by atoms with E-state index in [1.807, 2.05) is 0 Å². The second-order valence-electron chi connectivity index (χ2n) is 12.7. The molecule has 0 spiro atoms. The molecular formula is C26H51N3O. The van der Waals surface area contributed by atoms with E-state index in [2.05, 4.69) is 70.9 Å². The maximum atomic E-state index is 11.5. The van der Waals surface area contributed by atoms with Crippen molar-refractivity contribution in [3.8, 4) is 0 Å². The van der Waals surface area contributed by atoms with Crippen molar-refractivity contribution in [2.45, 2.75) is 117 Å². The molecule has 0 heterocycles. The second kappa shape index (κ2) is 9.90. The lowest BCUT2D eigenvalue weighted by Crippen LogP contribution is -2.47. The lowest BCUT2D eigenvalue weighted by molar-refractivity contribution is -0.119. The van der Waals surface area contributed by atoms with Gasteiger partial charge in [-0.05, 0) is 95.8 Å². The van der Waals surface area contributed by atoms with E-state index in [4.69, 9.17) is 0 Å². The number of hydrogen-bond donors (Lipinski definition) is 1. The summed E-state index contributed by atoms with van der Waals surface area (Å²) < 4.78 is 0. The molecule has 176 valence electrons. The predicted octanol–water partition coefficient (Wildman–Crippen LogP) is 5.32. The van der Waals surface area contributed by atoms with Gasteiger partial charge in [-0.25, -0.2) is 0 Å². The average molecular weight is 422 g/mol. The number of carbonyl (C=O) groups is 1. The van der Waals surface area contributed by atoms with E-state index in [0.29, 0.717) is 16.9 Å². The Morgan fingerprint density at radius 2 is 1.73 bits per heavy atom. The quantitative estimate of drug-likeness (QED) is 0.576. The van der Waals surface area contributed by atoms with E-state index < -0.39 is 0 Å². The highest BCUT2D eigenvalue weighted by molar-refractivity contribution is 5.73. The first-order valence-electron chi connectivity index (χ1n) is 12.4. The molecule has 2 aliphatic carbocycles. The number of hydrogen-bond acceptors (Lipinski definition) is 3. The van der Waals surface area contributed by atoms with Crippen LogP contribution >= 0.6 is 0 Å². The fourth-order valence-corrected chi connectivity index (χ4v) is 6.23. The third-order valence-electron chi connectivity index (χ3n) is 8.38. The van der Waals surface area contributed by atoms with Gasteiger partial charge in [-0.2, -0.15) is 0 Å². The van der Waals surface area contributed by atoms with Crippen LogP contribution in [0.4, 0.5) is 0 Å². The summed E-state index contributed by atoms with van der Waals surface area (Å²) in [6.07, 6.45) is 11.3. The summed E-state index contributed by atoms with van der Waals surface area (Å²) in [6.45, 7) is 15.0. The molecule has 1 N–H and O–H groups in total. The molecule has 2 aliphatic rings. The first-order chi connectivity index (χ1) is 13.7. The third kappa shape index (κ3) is 6.95. The van der Waals surface area contributed by atoms with Crippen LogP contribution in [0.3, 0.4) is 0 Å². The standard InChI is InChI=1S/C26H51N3O/c1-20(30)27-22-13-14-26(18-22,28(7)8)19-25(5,6)15-16-29(9)23-12-10-11-21(17-23)24(2,3)4/h21-23H,10-19H2,1-9H3,(H,27,30). The van der Waals surface area contributed by atoms with Crippen LogP contribution in [0.25, 0.3) is 0 Å². The highest BCUT2D eigenvalue weighted by Gasteiger charge is 2.44. The zero-order valence-corrected chi connectivity index (χ0v) is 21.6. The van der Waals surface area contributed by atoms with Crippen LogP contribution in [-0.4, -0.2) is 61.0 Å². The highest BCUT2D eigenvalue weighted by atomic mass is 16.1. The molecule has 0 aromatic carbocycles. The monoisotopic (exact) mass is 421 g/mol. The molecule has 0 saturated heterocycles. The molecule has 0 radical (unpaired) electrons. The Bertz CT molecular complexity index is 565. The minimum absolute atomic E-state index is 0.108. The minimum Gasteiger partial charge on any atom is -0.354 e. The molecule has 4 unspecified atom stereocenters. The van der Waals surface area contributed by atoms with Crippen molar-refractivity contribution < 1.29 is 4.79 Å². The van der Waals surface area contributed by atoms with Gasteiger partial charge in [0.15, 0.2) is 0 Å². The summed E-state index contributed by atoms with van der Waals surface area (Å²) >= 11 is 0. The van der Waals surface area contributed by atoms with Crippen LogP contribution < -0.4 is 5.32 Å². The number of amides is 1. The molecule has 0 aromatic heterocycles. The minimum atomic E-state index is 0.108. The van der Waals surface area contributed by atoms with Crippen LogP contribution in [0.5, 0.6) is 0 Å². The number of nitrogens with one attached hydrogen (secondary N) is 1. The van der Waals surface area contributed by atoms with Gasteiger partial charge in [-0.1, -0.05) is 41.0 Å². The first-order valence-corrected chi connectivity index (χ1v) is 12.4. The Kier molecular flexibility index (Phi) is 8.46. The van der Waals surface area contributed by atoms with E-state index in [1.54, 1.807) is 6.92 Å². The average Bonchev–Trinajstić information content (AvgIpc) is 3.01. The van der Waals surface area contributed by atoms with Crippen molar-refractivity contribution in [1.82, 2.24) is 15.1 Å². The summed E-state index contributed by atoms with van der Waals surface area (Å²) in [7, 11) is 6.82. The number of carbonyl (C=O) groups excluding carboxylic acids is 1. The molecule has 4 nitrogen and oxygen atoms in total. The molecule has 2 rings (SSSR count). The lowest BCUT2D eigenvalue weighted by atomic mass is 9.70. The van der Waals surface area contributed by atoms with Crippen molar-refractivity contribution in [1.29, 1.82) is 0 Å². The fourth-order valence-electron chi connectivity index (χ4n) is 6.23. The SMILES string of the molecule is CC(=O)NC1CCC(CC(C)(C)CCN(C)C2CCCC(C(C)(C)C)C2)(N(C)C)C1. The Morgan fingerprint density at radius 1 is 1.07 bits per heavy atom. The van der Waals surface area contributed by atoms with Crippen molar-refractivity contribution in [3.05, 3.63) is 0 Å². The molecule has 0 aliphatic heterocycles. The maximum Gasteiger partial charge on any atom is 0.217 e. The van der Waals surface area contributed by atoms with Crippen LogP contribution in [-0.2, 0) is 4.79 Å². The Balaban J connectivity index is 1.93. The summed E-state index contributed by atoms with van der Waals surface area (Å²) in [4.78, 5) is 16.7. The molecule has 2 saturated carbocycles. The third-order valence-corrected chi connectivity index (χ3v) is 8.38. The van der Waals surface area contributed by atoms with Gasteiger partial charge in [0.05, 0.1) is 0 Å². The van der Waals surface area contributed by atoms with Gasteiger partial charge in [0.1, 0.15) is 0 Å². The second-order valence-corrected chi connectivity index (χ2v) is 12.7. The van der Waals surface area contributed by atoms with E-state index in [1.165, 1.54) is 51.5 Å². The molecule has 0 bridgehead atoms. The van der Waals surface area contributed by atoms with Gasteiger partial charge < -0.3 is 15.1 Å². The topological polar surface area (TPSA) is 35.6 Å². The molecule has 30 heavy (non-hydrogen) atoms. The van der Waals surface area contributed by atoms with Gasteiger partial charge >= 0.3 is 0 Å². The van der Waals surface area contributed by atoms with E-state index >= 15 is 0 Å². The zero-order valence-electron chi connectivity index (χ0n) is 21.6. The van der Waals surface area contributed by atoms with E-state index in [9.17, 15) is 4.79 Å². The van der Waals surface area contributed by atoms with Gasteiger partial charge in [-0.15, -0.1) is 0 Å². The van der Waals surface area contributed by atoms with Crippen molar-refractivity contribution in [2.75, 3.05) is 27.7 Å². The molecule has 4 atom stereocenters. The van der Waals surface area contributed by atoms with Crippen LogP contribution in [0.1, 0.15) is 99.3 Å². The summed E-state index contributed by atoms with van der Waals surface area (Å²) in [5.74, 6) is 0.962.